The van der Waals surface area contributed by atoms with Crippen molar-refractivity contribution in [1.29, 1.82) is 0 Å². The minimum absolute atomic E-state index is 0.138. The van der Waals surface area contributed by atoms with Crippen LogP contribution in [0.15, 0.2) is 36.5 Å². The van der Waals surface area contributed by atoms with Gasteiger partial charge in [0, 0.05) is 51.0 Å². The molecular weight excluding hydrogens is 402 g/mol. The van der Waals surface area contributed by atoms with Crippen LogP contribution >= 0.6 is 0 Å². The average Bonchev–Trinajstić information content (AvgIpc) is 3.33. The number of likely N-dealkylation sites (N-methyl/N-ethyl adjacent to an activating group) is 1. The minimum Gasteiger partial charge on any atom is -0.392 e. The van der Waals surface area contributed by atoms with Crippen LogP contribution in [0.2, 0.25) is 0 Å². The van der Waals surface area contributed by atoms with Crippen LogP contribution in [0.5, 0.6) is 0 Å². The van der Waals surface area contributed by atoms with Gasteiger partial charge in [-0.1, -0.05) is 30.3 Å². The SMILES string of the molecule is CCN(Cc1cn(C)nc1C)C(=O)[C@@H]1C[C@@H](O)CN1C1CCN(Cc2ccccc2)CC1. The summed E-state index contributed by atoms with van der Waals surface area (Å²) in [6, 6.07) is 10.7. The first-order chi connectivity index (χ1) is 15.4. The Balaban J connectivity index is 1.38. The summed E-state index contributed by atoms with van der Waals surface area (Å²) < 4.78 is 1.80. The smallest absolute Gasteiger partial charge is 0.240 e. The fraction of sp³-hybridized carbons (Fsp3) is 0.600. The number of likely N-dealkylation sites (tertiary alicyclic amines) is 2. The maximum Gasteiger partial charge on any atom is 0.240 e. The third kappa shape index (κ3) is 5.22. The maximum atomic E-state index is 13.5. The van der Waals surface area contributed by atoms with Crippen molar-refractivity contribution in [2.24, 2.45) is 7.05 Å². The van der Waals surface area contributed by atoms with Crippen LogP contribution in [-0.2, 0) is 24.9 Å². The van der Waals surface area contributed by atoms with Crippen molar-refractivity contribution in [3.63, 3.8) is 0 Å². The molecule has 2 fully saturated rings. The number of carbonyl (C=O) groups excluding carboxylic acids is 1. The number of piperidine rings is 1. The Kier molecular flexibility index (Phi) is 7.28. The van der Waals surface area contributed by atoms with E-state index < -0.39 is 6.10 Å². The van der Waals surface area contributed by atoms with Crippen molar-refractivity contribution in [2.75, 3.05) is 26.2 Å². The fourth-order valence-corrected chi connectivity index (χ4v) is 5.30. The van der Waals surface area contributed by atoms with Crippen LogP contribution in [0.25, 0.3) is 0 Å². The topological polar surface area (TPSA) is 64.8 Å². The molecule has 1 aromatic heterocycles. The van der Waals surface area contributed by atoms with Crippen molar-refractivity contribution < 1.29 is 9.90 Å². The van der Waals surface area contributed by atoms with E-state index in [1.165, 1.54) is 5.56 Å². The number of nitrogens with zero attached hydrogens (tertiary/aromatic N) is 5. The number of aliphatic hydroxyl groups is 1. The molecule has 1 N–H and O–H groups in total. The molecular formula is C25H37N5O2. The summed E-state index contributed by atoms with van der Waals surface area (Å²) in [5, 5.41) is 14.9. The molecule has 2 aliphatic rings. The van der Waals surface area contributed by atoms with Gasteiger partial charge in [0.1, 0.15) is 0 Å². The largest absolute Gasteiger partial charge is 0.392 e. The van der Waals surface area contributed by atoms with Crippen LogP contribution in [-0.4, -0.2) is 79.9 Å². The predicted molar refractivity (Wildman–Crippen MR) is 125 cm³/mol. The molecule has 0 bridgehead atoms. The molecule has 32 heavy (non-hydrogen) atoms. The summed E-state index contributed by atoms with van der Waals surface area (Å²) in [6.45, 7) is 8.88. The maximum absolute atomic E-state index is 13.5. The predicted octanol–water partition coefficient (Wildman–Crippen LogP) is 2.18. The van der Waals surface area contributed by atoms with Gasteiger partial charge in [-0.15, -0.1) is 0 Å². The van der Waals surface area contributed by atoms with Gasteiger partial charge < -0.3 is 10.0 Å². The standard InChI is InChI=1S/C25H37N5O2/c1-4-29(17-21-16-27(3)26-19(21)2)25(32)24-14-23(31)18-30(24)22-10-12-28(13-11-22)15-20-8-6-5-7-9-20/h5-9,16,22-24,31H,4,10-15,17-18H2,1-3H3/t23-,24+/m1/s1. The molecule has 4 rings (SSSR count). The van der Waals surface area contributed by atoms with Gasteiger partial charge in [0.2, 0.25) is 5.91 Å². The summed E-state index contributed by atoms with van der Waals surface area (Å²) in [7, 11) is 1.91. The number of amides is 1. The third-order valence-corrected chi connectivity index (χ3v) is 7.05. The molecule has 7 nitrogen and oxygen atoms in total. The molecule has 2 atom stereocenters. The lowest BCUT2D eigenvalue weighted by Gasteiger charge is -2.40. The first-order valence-electron chi connectivity index (χ1n) is 11.9. The van der Waals surface area contributed by atoms with E-state index >= 15 is 0 Å². The zero-order valence-electron chi connectivity index (χ0n) is 19.7. The highest BCUT2D eigenvalue weighted by Gasteiger charge is 2.42. The molecule has 1 amide bonds. The number of β-amino-alcohol motifs (C(OH)–C–C–N with tert-alkyl or cyclic N) is 1. The molecule has 3 heterocycles. The Labute approximate surface area is 191 Å². The van der Waals surface area contributed by atoms with Crippen LogP contribution in [0.1, 0.15) is 43.0 Å². The summed E-state index contributed by atoms with van der Waals surface area (Å²) in [6.07, 6.45) is 4.18. The van der Waals surface area contributed by atoms with Crippen LogP contribution < -0.4 is 0 Å². The lowest BCUT2D eigenvalue weighted by atomic mass is 10.0. The van der Waals surface area contributed by atoms with Gasteiger partial charge in [0.15, 0.2) is 0 Å². The highest BCUT2D eigenvalue weighted by Crippen LogP contribution is 2.28. The number of aliphatic hydroxyl groups excluding tert-OH is 1. The van der Waals surface area contributed by atoms with E-state index in [-0.39, 0.29) is 11.9 Å². The average molecular weight is 440 g/mol. The normalized spacial score (nSPS) is 23.0. The molecule has 7 heteroatoms. The fourth-order valence-electron chi connectivity index (χ4n) is 5.30. The monoisotopic (exact) mass is 439 g/mol. The molecule has 0 unspecified atom stereocenters. The van der Waals surface area contributed by atoms with Gasteiger partial charge in [-0.2, -0.15) is 5.10 Å². The lowest BCUT2D eigenvalue weighted by Crippen LogP contribution is -2.52. The highest BCUT2D eigenvalue weighted by molar-refractivity contribution is 5.82. The summed E-state index contributed by atoms with van der Waals surface area (Å²) in [4.78, 5) is 20.3. The molecule has 1 aromatic carbocycles. The van der Waals surface area contributed by atoms with Crippen LogP contribution in [0, 0.1) is 6.92 Å². The Morgan fingerprint density at radius 1 is 1.22 bits per heavy atom. The van der Waals surface area contributed by atoms with Crippen molar-refractivity contribution in [2.45, 2.75) is 64.4 Å². The lowest BCUT2D eigenvalue weighted by molar-refractivity contribution is -0.137. The van der Waals surface area contributed by atoms with Crippen molar-refractivity contribution >= 4 is 5.91 Å². The van der Waals surface area contributed by atoms with E-state index in [0.29, 0.717) is 32.1 Å². The van der Waals surface area contributed by atoms with Gasteiger partial charge in [-0.25, -0.2) is 0 Å². The summed E-state index contributed by atoms with van der Waals surface area (Å²) >= 11 is 0. The number of rotatable bonds is 7. The Hall–Kier alpha value is -2.22. The molecule has 0 radical (unpaired) electrons. The number of aryl methyl sites for hydroxylation is 2. The van der Waals surface area contributed by atoms with Gasteiger partial charge in [0.25, 0.3) is 0 Å². The van der Waals surface area contributed by atoms with E-state index in [1.54, 1.807) is 4.68 Å². The molecule has 174 valence electrons. The van der Waals surface area contributed by atoms with Gasteiger partial charge in [-0.3, -0.25) is 19.3 Å². The molecule has 2 aromatic rings. The highest BCUT2D eigenvalue weighted by atomic mass is 16.3. The molecule has 0 saturated carbocycles. The number of benzene rings is 1. The zero-order valence-corrected chi connectivity index (χ0v) is 19.7. The van der Waals surface area contributed by atoms with Crippen LogP contribution in [0.3, 0.4) is 0 Å². The second kappa shape index (κ2) is 10.1. The summed E-state index contributed by atoms with van der Waals surface area (Å²) in [5.41, 5.74) is 3.40. The van der Waals surface area contributed by atoms with Gasteiger partial charge in [-0.05, 0) is 51.8 Å². The molecule has 0 spiro atoms. The Morgan fingerprint density at radius 2 is 1.94 bits per heavy atom. The van der Waals surface area contributed by atoms with E-state index in [9.17, 15) is 9.90 Å². The van der Waals surface area contributed by atoms with E-state index in [2.05, 4.69) is 45.2 Å². The van der Waals surface area contributed by atoms with E-state index in [4.69, 9.17) is 0 Å². The van der Waals surface area contributed by atoms with Crippen LogP contribution in [0.4, 0.5) is 0 Å². The van der Waals surface area contributed by atoms with E-state index in [1.807, 2.05) is 32.0 Å². The summed E-state index contributed by atoms with van der Waals surface area (Å²) in [5.74, 6) is 0.138. The number of hydrogen-bond acceptors (Lipinski definition) is 5. The second-order valence-electron chi connectivity index (χ2n) is 9.36. The molecule has 2 saturated heterocycles. The third-order valence-electron chi connectivity index (χ3n) is 7.05. The van der Waals surface area contributed by atoms with Crippen molar-refractivity contribution in [3.8, 4) is 0 Å². The number of carbonyl (C=O) groups is 1. The first-order valence-corrected chi connectivity index (χ1v) is 11.9. The molecule has 0 aliphatic carbocycles. The zero-order chi connectivity index (χ0) is 22.7. The van der Waals surface area contributed by atoms with E-state index in [0.717, 1.165) is 43.7 Å². The van der Waals surface area contributed by atoms with Gasteiger partial charge in [0.05, 0.1) is 17.8 Å². The Bertz CT molecular complexity index is 891. The van der Waals surface area contributed by atoms with Crippen molar-refractivity contribution in [3.05, 3.63) is 53.3 Å². The number of aromatic nitrogens is 2. The van der Waals surface area contributed by atoms with Crippen molar-refractivity contribution in [1.82, 2.24) is 24.5 Å². The minimum atomic E-state index is -0.426. The second-order valence-corrected chi connectivity index (χ2v) is 9.36. The first kappa shape index (κ1) is 23.0. The number of hydrogen-bond donors (Lipinski definition) is 1. The Morgan fingerprint density at radius 3 is 2.56 bits per heavy atom. The van der Waals surface area contributed by atoms with Gasteiger partial charge >= 0.3 is 0 Å². The quantitative estimate of drug-likeness (QED) is 0.716. The molecule has 2 aliphatic heterocycles.